The van der Waals surface area contributed by atoms with Crippen LogP contribution in [0.25, 0.3) is 0 Å². The van der Waals surface area contributed by atoms with E-state index in [1.54, 1.807) is 19.1 Å². The first kappa shape index (κ1) is 20.3. The van der Waals surface area contributed by atoms with Gasteiger partial charge in [0.05, 0.1) is 11.6 Å². The van der Waals surface area contributed by atoms with Crippen molar-refractivity contribution >= 4 is 33.4 Å². The van der Waals surface area contributed by atoms with Crippen molar-refractivity contribution in [1.82, 2.24) is 0 Å². The summed E-state index contributed by atoms with van der Waals surface area (Å²) in [6.45, 7) is 5.44. The van der Waals surface area contributed by atoms with E-state index in [9.17, 15) is 14.7 Å². The van der Waals surface area contributed by atoms with Crippen molar-refractivity contribution < 1.29 is 24.2 Å². The predicted octanol–water partition coefficient (Wildman–Crippen LogP) is 4.07. The van der Waals surface area contributed by atoms with Crippen LogP contribution in [-0.2, 0) is 14.3 Å². The minimum Gasteiger partial charge on any atom is -0.503 e. The second-order valence-corrected chi connectivity index (χ2v) is 7.67. The standard InChI is InChI=1S/C21H22BrNO5/c1-4-8-28-21(26)17-11(2)23-14-6-5-7-15(24)19(14)18(17)12-9-13(22)20(25)16(10-12)27-3/h4,9-10,17-18,25H,1,5-8H2,2-3H3/t17?,18-/m0/s1. The number of allylic oxidation sites excluding steroid dienone is 2. The van der Waals surface area contributed by atoms with Crippen molar-refractivity contribution in [2.45, 2.75) is 32.1 Å². The number of ether oxygens (including phenoxy) is 2. The van der Waals surface area contributed by atoms with Crippen molar-refractivity contribution in [2.24, 2.45) is 10.9 Å². The van der Waals surface area contributed by atoms with Gasteiger partial charge in [-0.15, -0.1) is 0 Å². The van der Waals surface area contributed by atoms with Crippen LogP contribution in [0.4, 0.5) is 0 Å². The van der Waals surface area contributed by atoms with Crippen molar-refractivity contribution in [3.63, 3.8) is 0 Å². The second-order valence-electron chi connectivity index (χ2n) is 6.82. The van der Waals surface area contributed by atoms with Crippen LogP contribution in [0.3, 0.4) is 0 Å². The number of esters is 1. The van der Waals surface area contributed by atoms with Crippen LogP contribution < -0.4 is 4.74 Å². The summed E-state index contributed by atoms with van der Waals surface area (Å²) in [5.74, 6) is -1.53. The van der Waals surface area contributed by atoms with Gasteiger partial charge in [-0.3, -0.25) is 14.6 Å². The minimum absolute atomic E-state index is 0.00724. The third-order valence-corrected chi connectivity index (χ3v) is 5.67. The van der Waals surface area contributed by atoms with Gasteiger partial charge in [-0.1, -0.05) is 12.7 Å². The second kappa shape index (κ2) is 8.31. The lowest BCUT2D eigenvalue weighted by Crippen LogP contribution is -2.37. The van der Waals surface area contributed by atoms with E-state index in [2.05, 4.69) is 27.5 Å². The maximum absolute atomic E-state index is 12.9. The molecule has 0 aromatic heterocycles. The van der Waals surface area contributed by atoms with Crippen LogP contribution in [0.2, 0.25) is 0 Å². The fraction of sp³-hybridized carbons (Fsp3) is 0.381. The molecule has 3 rings (SSSR count). The maximum Gasteiger partial charge on any atom is 0.315 e. The van der Waals surface area contributed by atoms with Gasteiger partial charge in [0.1, 0.15) is 12.5 Å². The fourth-order valence-corrected chi connectivity index (χ4v) is 4.29. The molecular formula is C21H22BrNO5. The predicted molar refractivity (Wildman–Crippen MR) is 109 cm³/mol. The summed E-state index contributed by atoms with van der Waals surface area (Å²) < 4.78 is 11.0. The van der Waals surface area contributed by atoms with E-state index in [4.69, 9.17) is 9.47 Å². The van der Waals surface area contributed by atoms with Crippen molar-refractivity contribution in [3.05, 3.63) is 46.1 Å². The number of rotatable bonds is 5. The lowest BCUT2D eigenvalue weighted by molar-refractivity contribution is -0.145. The molecule has 148 valence electrons. The normalized spacial score (nSPS) is 21.7. The van der Waals surface area contributed by atoms with E-state index in [-0.39, 0.29) is 23.9 Å². The molecule has 0 radical (unpaired) electrons. The number of phenols is 1. The van der Waals surface area contributed by atoms with Crippen LogP contribution in [-0.4, -0.2) is 36.3 Å². The number of phenolic OH excluding ortho intramolecular Hbond substituents is 1. The molecule has 1 aliphatic carbocycles. The Bertz CT molecular complexity index is 902. The van der Waals surface area contributed by atoms with Crippen LogP contribution in [0.1, 0.15) is 37.7 Å². The molecule has 0 bridgehead atoms. The molecule has 2 aliphatic rings. The molecule has 28 heavy (non-hydrogen) atoms. The van der Waals surface area contributed by atoms with Gasteiger partial charge in [0, 0.05) is 29.3 Å². The number of Topliss-reactive ketones (excluding diaryl/α,β-unsaturated/α-hetero) is 1. The highest BCUT2D eigenvalue weighted by atomic mass is 79.9. The van der Waals surface area contributed by atoms with Crippen LogP contribution in [0, 0.1) is 5.92 Å². The quantitative estimate of drug-likeness (QED) is 0.542. The number of carbonyl (C=O) groups is 2. The van der Waals surface area contributed by atoms with E-state index in [0.717, 1.165) is 12.1 Å². The topological polar surface area (TPSA) is 85.2 Å². The fourth-order valence-electron chi connectivity index (χ4n) is 3.83. The molecule has 1 aliphatic heterocycles. The molecule has 1 heterocycles. The highest BCUT2D eigenvalue weighted by Gasteiger charge is 2.43. The summed E-state index contributed by atoms with van der Waals surface area (Å²) in [7, 11) is 1.45. The van der Waals surface area contributed by atoms with Gasteiger partial charge in [0.25, 0.3) is 0 Å². The number of hydrogen-bond acceptors (Lipinski definition) is 6. The van der Waals surface area contributed by atoms with Gasteiger partial charge in [-0.2, -0.15) is 0 Å². The van der Waals surface area contributed by atoms with Gasteiger partial charge in [0.2, 0.25) is 0 Å². The average molecular weight is 448 g/mol. The van der Waals surface area contributed by atoms with Crippen LogP contribution in [0.5, 0.6) is 11.5 Å². The molecule has 6 nitrogen and oxygen atoms in total. The van der Waals surface area contributed by atoms with E-state index in [0.29, 0.717) is 34.2 Å². The largest absolute Gasteiger partial charge is 0.503 e. The van der Waals surface area contributed by atoms with Crippen LogP contribution in [0.15, 0.2) is 45.5 Å². The van der Waals surface area contributed by atoms with Gasteiger partial charge >= 0.3 is 5.97 Å². The van der Waals surface area contributed by atoms with Gasteiger partial charge in [-0.25, -0.2) is 0 Å². The number of aliphatic imine (C=N–C) groups is 1. The van der Waals surface area contributed by atoms with Gasteiger partial charge in [0.15, 0.2) is 17.3 Å². The van der Waals surface area contributed by atoms with E-state index < -0.39 is 17.8 Å². The first-order chi connectivity index (χ1) is 13.4. The Balaban J connectivity index is 2.18. The number of methoxy groups -OCH3 is 1. The summed E-state index contributed by atoms with van der Waals surface area (Å²) in [5.41, 5.74) is 2.57. The Labute approximate surface area is 172 Å². The third kappa shape index (κ3) is 3.63. The monoisotopic (exact) mass is 447 g/mol. The molecule has 1 unspecified atom stereocenters. The van der Waals surface area contributed by atoms with E-state index in [1.807, 2.05) is 0 Å². The molecule has 0 fully saturated rings. The molecule has 1 aromatic carbocycles. The Morgan fingerprint density at radius 2 is 2.18 bits per heavy atom. The van der Waals surface area contributed by atoms with Crippen LogP contribution >= 0.6 is 15.9 Å². The Morgan fingerprint density at radius 3 is 2.86 bits per heavy atom. The molecule has 1 aromatic rings. The molecule has 0 amide bonds. The van der Waals surface area contributed by atoms with Gasteiger partial charge < -0.3 is 14.6 Å². The SMILES string of the molecule is C=CCOC(=O)C1C(C)=NC2=C(C(=O)CCC2)[C@H]1c1cc(Br)c(O)c(OC)c1. The first-order valence-electron chi connectivity index (χ1n) is 9.04. The summed E-state index contributed by atoms with van der Waals surface area (Å²) in [6, 6.07) is 3.37. The van der Waals surface area contributed by atoms with Crippen molar-refractivity contribution in [2.75, 3.05) is 13.7 Å². The molecule has 0 spiro atoms. The molecule has 0 saturated carbocycles. The molecule has 1 N–H and O–H groups in total. The number of nitrogens with zero attached hydrogens (tertiary/aromatic N) is 1. The van der Waals surface area contributed by atoms with Crippen molar-refractivity contribution in [3.8, 4) is 11.5 Å². The summed E-state index contributed by atoms with van der Waals surface area (Å²) in [4.78, 5) is 30.3. The zero-order chi connectivity index (χ0) is 20.4. The highest BCUT2D eigenvalue weighted by molar-refractivity contribution is 9.10. The number of hydrogen-bond donors (Lipinski definition) is 1. The summed E-state index contributed by atoms with van der Waals surface area (Å²) in [6.07, 6.45) is 3.36. The Morgan fingerprint density at radius 1 is 1.43 bits per heavy atom. The number of benzene rings is 1. The smallest absolute Gasteiger partial charge is 0.315 e. The zero-order valence-electron chi connectivity index (χ0n) is 15.8. The van der Waals surface area contributed by atoms with E-state index >= 15 is 0 Å². The van der Waals surface area contributed by atoms with Gasteiger partial charge in [-0.05, 0) is 53.4 Å². The summed E-state index contributed by atoms with van der Waals surface area (Å²) >= 11 is 3.33. The molecule has 7 heteroatoms. The number of carbonyl (C=O) groups excluding carboxylic acids is 2. The lowest BCUT2D eigenvalue weighted by atomic mass is 9.71. The van der Waals surface area contributed by atoms with Crippen molar-refractivity contribution in [1.29, 1.82) is 0 Å². The lowest BCUT2D eigenvalue weighted by Gasteiger charge is -2.34. The maximum atomic E-state index is 12.9. The number of halogens is 1. The highest BCUT2D eigenvalue weighted by Crippen LogP contribution is 2.46. The zero-order valence-corrected chi connectivity index (χ0v) is 17.4. The molecule has 2 atom stereocenters. The minimum atomic E-state index is -0.734. The average Bonchev–Trinajstić information content (AvgIpc) is 2.67. The summed E-state index contributed by atoms with van der Waals surface area (Å²) in [5, 5.41) is 10.2. The number of aromatic hydroxyl groups is 1. The Hall–Kier alpha value is -2.41. The van der Waals surface area contributed by atoms with E-state index in [1.165, 1.54) is 13.2 Å². The number of ketones is 1. The first-order valence-corrected chi connectivity index (χ1v) is 9.83. The molecule has 0 saturated heterocycles. The molecular weight excluding hydrogens is 426 g/mol. The third-order valence-electron chi connectivity index (χ3n) is 5.06. The Kier molecular flexibility index (Phi) is 6.03.